The zero-order valence-corrected chi connectivity index (χ0v) is 14.6. The lowest BCUT2D eigenvalue weighted by Gasteiger charge is -2.20. The molecule has 1 saturated heterocycles. The molecule has 2 amide bonds. The first-order valence-electron chi connectivity index (χ1n) is 7.96. The molecule has 2 aromatic rings. The van der Waals surface area contributed by atoms with Crippen LogP contribution in [0.5, 0.6) is 0 Å². The monoisotopic (exact) mass is 348 g/mol. The van der Waals surface area contributed by atoms with Crippen LogP contribution in [0.2, 0.25) is 5.02 Å². The third-order valence-electron chi connectivity index (χ3n) is 4.11. The molecule has 1 fully saturated rings. The molecule has 24 heavy (non-hydrogen) atoms. The second kappa shape index (κ2) is 7.23. The van der Waals surface area contributed by atoms with E-state index in [-0.39, 0.29) is 6.03 Å². The summed E-state index contributed by atoms with van der Waals surface area (Å²) < 4.78 is 7.07. The summed E-state index contributed by atoms with van der Waals surface area (Å²) in [5.41, 5.74) is 1.68. The summed E-state index contributed by atoms with van der Waals surface area (Å²) in [4.78, 5) is 14.0. The molecule has 0 radical (unpaired) electrons. The van der Waals surface area contributed by atoms with Crippen LogP contribution in [-0.2, 0) is 4.74 Å². The van der Waals surface area contributed by atoms with Crippen LogP contribution in [0.1, 0.15) is 12.1 Å². The van der Waals surface area contributed by atoms with Crippen LogP contribution in [0, 0.1) is 12.8 Å². The highest BCUT2D eigenvalue weighted by Gasteiger charge is 2.20. The van der Waals surface area contributed by atoms with Crippen molar-refractivity contribution in [3.05, 3.63) is 41.0 Å². The second-order valence-electron chi connectivity index (χ2n) is 6.07. The van der Waals surface area contributed by atoms with E-state index in [9.17, 15) is 4.79 Å². The average Bonchev–Trinajstić information content (AvgIpc) is 3.17. The Morgan fingerprint density at radius 2 is 2.29 bits per heavy atom. The molecule has 2 heterocycles. The number of ether oxygens (including phenoxy) is 1. The van der Waals surface area contributed by atoms with Crippen molar-refractivity contribution in [3.8, 4) is 5.69 Å². The van der Waals surface area contributed by atoms with E-state index in [1.54, 1.807) is 16.6 Å². The van der Waals surface area contributed by atoms with E-state index in [1.807, 2.05) is 37.3 Å². The van der Waals surface area contributed by atoms with Crippen molar-refractivity contribution in [2.75, 3.05) is 32.1 Å². The highest BCUT2D eigenvalue weighted by atomic mass is 35.5. The molecule has 1 aliphatic rings. The number of hydrogen-bond acceptors (Lipinski definition) is 3. The zero-order chi connectivity index (χ0) is 17.1. The maximum atomic E-state index is 12.3. The molecule has 1 aliphatic heterocycles. The number of halogens is 1. The van der Waals surface area contributed by atoms with Gasteiger partial charge in [0.15, 0.2) is 5.82 Å². The van der Waals surface area contributed by atoms with Gasteiger partial charge in [-0.1, -0.05) is 23.7 Å². The van der Waals surface area contributed by atoms with Gasteiger partial charge in [0.1, 0.15) is 0 Å². The molecule has 1 unspecified atom stereocenters. The van der Waals surface area contributed by atoms with Crippen molar-refractivity contribution in [2.24, 2.45) is 5.92 Å². The first kappa shape index (κ1) is 16.8. The number of aromatic nitrogens is 2. The van der Waals surface area contributed by atoms with Gasteiger partial charge in [-0.25, -0.2) is 9.48 Å². The number of urea groups is 1. The van der Waals surface area contributed by atoms with Crippen molar-refractivity contribution in [1.29, 1.82) is 0 Å². The summed E-state index contributed by atoms with van der Waals surface area (Å²) in [5, 5.41) is 7.89. The van der Waals surface area contributed by atoms with Gasteiger partial charge in [-0.3, -0.25) is 5.32 Å². The Kier molecular flexibility index (Phi) is 5.06. The van der Waals surface area contributed by atoms with Crippen molar-refractivity contribution in [1.82, 2.24) is 14.7 Å². The fourth-order valence-corrected chi connectivity index (χ4v) is 3.02. The van der Waals surface area contributed by atoms with Gasteiger partial charge in [0.05, 0.1) is 17.3 Å². The molecule has 0 saturated carbocycles. The first-order chi connectivity index (χ1) is 11.5. The van der Waals surface area contributed by atoms with Crippen molar-refractivity contribution in [2.45, 2.75) is 13.3 Å². The van der Waals surface area contributed by atoms with Gasteiger partial charge in [-0.2, -0.15) is 0 Å². The van der Waals surface area contributed by atoms with Crippen LogP contribution in [0.15, 0.2) is 30.3 Å². The Labute approximate surface area is 146 Å². The highest BCUT2D eigenvalue weighted by Crippen LogP contribution is 2.22. The zero-order valence-electron chi connectivity index (χ0n) is 13.8. The van der Waals surface area contributed by atoms with Gasteiger partial charge in [-0.15, -0.1) is 5.10 Å². The molecule has 1 aromatic carbocycles. The summed E-state index contributed by atoms with van der Waals surface area (Å²) in [6, 6.07) is 9.13. The minimum absolute atomic E-state index is 0.175. The number of anilines is 1. The lowest BCUT2D eigenvalue weighted by molar-refractivity contribution is 0.175. The Bertz CT molecular complexity index is 725. The number of para-hydroxylation sites is 1. The number of nitrogens with one attached hydrogen (secondary N) is 1. The standard InChI is InChI=1S/C17H21ClN4O2/c1-12-9-16(20-22(12)15-6-4-3-5-14(15)18)19-17(23)21(2)10-13-7-8-24-11-13/h3-6,9,13H,7-8,10-11H2,1-2H3,(H,19,20,23). The fraction of sp³-hybridized carbons (Fsp3) is 0.412. The van der Waals surface area contributed by atoms with E-state index >= 15 is 0 Å². The molecule has 1 atom stereocenters. The van der Waals surface area contributed by atoms with E-state index in [0.717, 1.165) is 31.0 Å². The lowest BCUT2D eigenvalue weighted by atomic mass is 10.1. The number of rotatable bonds is 4. The normalized spacial score (nSPS) is 17.0. The molecule has 128 valence electrons. The SMILES string of the molecule is Cc1cc(NC(=O)N(C)CC2CCOC2)nn1-c1ccccc1Cl. The first-order valence-corrected chi connectivity index (χ1v) is 8.34. The van der Waals surface area contributed by atoms with E-state index < -0.39 is 0 Å². The lowest BCUT2D eigenvalue weighted by Crippen LogP contribution is -2.35. The Balaban J connectivity index is 1.68. The average molecular weight is 349 g/mol. The fourth-order valence-electron chi connectivity index (χ4n) is 2.81. The molecule has 7 heteroatoms. The van der Waals surface area contributed by atoms with Crippen molar-refractivity contribution < 1.29 is 9.53 Å². The van der Waals surface area contributed by atoms with Gasteiger partial charge in [0, 0.05) is 37.9 Å². The van der Waals surface area contributed by atoms with E-state index in [1.165, 1.54) is 0 Å². The van der Waals surface area contributed by atoms with Gasteiger partial charge in [0.2, 0.25) is 0 Å². The van der Waals surface area contributed by atoms with Crippen LogP contribution < -0.4 is 5.32 Å². The summed E-state index contributed by atoms with van der Waals surface area (Å²) in [5.74, 6) is 0.912. The van der Waals surface area contributed by atoms with Gasteiger partial charge in [-0.05, 0) is 25.5 Å². The maximum Gasteiger partial charge on any atom is 0.322 e. The molecular weight excluding hydrogens is 328 g/mol. The summed E-state index contributed by atoms with van der Waals surface area (Å²) in [7, 11) is 1.78. The van der Waals surface area contributed by atoms with Gasteiger partial charge < -0.3 is 9.64 Å². The van der Waals surface area contributed by atoms with Crippen molar-refractivity contribution >= 4 is 23.4 Å². The Hall–Kier alpha value is -2.05. The third kappa shape index (κ3) is 3.71. The number of hydrogen-bond donors (Lipinski definition) is 1. The Morgan fingerprint density at radius 1 is 1.50 bits per heavy atom. The van der Waals surface area contributed by atoms with E-state index in [2.05, 4.69) is 10.4 Å². The minimum Gasteiger partial charge on any atom is -0.381 e. The summed E-state index contributed by atoms with van der Waals surface area (Å²) >= 11 is 6.22. The number of aryl methyl sites for hydroxylation is 1. The predicted molar refractivity (Wildman–Crippen MR) is 93.9 cm³/mol. The Morgan fingerprint density at radius 3 is 3.00 bits per heavy atom. The predicted octanol–water partition coefficient (Wildman–Crippen LogP) is 3.33. The van der Waals surface area contributed by atoms with Crippen LogP contribution in [0.4, 0.5) is 10.6 Å². The van der Waals surface area contributed by atoms with Gasteiger partial charge in [0.25, 0.3) is 0 Å². The summed E-state index contributed by atoms with van der Waals surface area (Å²) in [6.45, 7) is 4.10. The second-order valence-corrected chi connectivity index (χ2v) is 6.48. The van der Waals surface area contributed by atoms with E-state index in [4.69, 9.17) is 16.3 Å². The number of nitrogens with zero attached hydrogens (tertiary/aromatic N) is 3. The molecule has 0 bridgehead atoms. The van der Waals surface area contributed by atoms with Gasteiger partial charge >= 0.3 is 6.03 Å². The third-order valence-corrected chi connectivity index (χ3v) is 4.43. The molecule has 1 aromatic heterocycles. The maximum absolute atomic E-state index is 12.3. The summed E-state index contributed by atoms with van der Waals surface area (Å²) in [6.07, 6.45) is 0.998. The molecule has 3 rings (SSSR count). The van der Waals surface area contributed by atoms with Crippen LogP contribution >= 0.6 is 11.6 Å². The smallest absolute Gasteiger partial charge is 0.322 e. The van der Waals surface area contributed by atoms with E-state index in [0.29, 0.717) is 23.3 Å². The topological polar surface area (TPSA) is 59.4 Å². The molecule has 0 aliphatic carbocycles. The number of carbonyl (C=O) groups is 1. The quantitative estimate of drug-likeness (QED) is 0.921. The highest BCUT2D eigenvalue weighted by molar-refractivity contribution is 6.32. The largest absolute Gasteiger partial charge is 0.381 e. The molecule has 6 nitrogen and oxygen atoms in total. The number of amides is 2. The minimum atomic E-state index is -0.175. The molecule has 1 N–H and O–H groups in total. The van der Waals surface area contributed by atoms with Crippen molar-refractivity contribution in [3.63, 3.8) is 0 Å². The van der Waals surface area contributed by atoms with Crippen LogP contribution in [0.3, 0.4) is 0 Å². The molecular formula is C17H21ClN4O2. The number of benzene rings is 1. The van der Waals surface area contributed by atoms with Crippen LogP contribution in [0.25, 0.3) is 5.69 Å². The van der Waals surface area contributed by atoms with Crippen LogP contribution in [-0.4, -0.2) is 47.5 Å². The number of carbonyl (C=O) groups excluding carboxylic acids is 1. The molecule has 0 spiro atoms.